The van der Waals surface area contributed by atoms with Crippen LogP contribution in [0.25, 0.3) is 0 Å². The Morgan fingerprint density at radius 3 is 1.73 bits per heavy atom. The lowest BCUT2D eigenvalue weighted by atomic mass is 10.1. The van der Waals surface area contributed by atoms with Crippen LogP contribution in [0.3, 0.4) is 0 Å². The normalized spacial score (nSPS) is 12.6. The van der Waals surface area contributed by atoms with Crippen LogP contribution in [0.2, 0.25) is 0 Å². The highest BCUT2D eigenvalue weighted by molar-refractivity contribution is 5.69. The Labute approximate surface area is 230 Å². The predicted octanol–water partition coefficient (Wildman–Crippen LogP) is 9.64. The van der Waals surface area contributed by atoms with E-state index in [4.69, 9.17) is 9.47 Å². The first kappa shape index (κ1) is 35.9. The van der Waals surface area contributed by atoms with E-state index in [1.807, 2.05) is 0 Å². The Balaban J connectivity index is 3.49. The first-order valence-corrected chi connectivity index (χ1v) is 15.9. The molecule has 0 aromatic heterocycles. The quantitative estimate of drug-likeness (QED) is 0.0603. The number of hydrogen-bond donors (Lipinski definition) is 1. The smallest absolute Gasteiger partial charge is 0.306 e. The molecule has 0 aromatic carbocycles. The second-order valence-corrected chi connectivity index (χ2v) is 10.5. The Bertz CT molecular complexity index is 514. The van der Waals surface area contributed by atoms with Gasteiger partial charge in [-0.25, -0.2) is 0 Å². The number of unbranched alkanes of at least 4 members (excludes halogenated alkanes) is 17. The Morgan fingerprint density at radius 1 is 0.649 bits per heavy atom. The third kappa shape index (κ3) is 29.3. The molecule has 0 aliphatic rings. The zero-order chi connectivity index (χ0) is 27.1. The fourth-order valence-electron chi connectivity index (χ4n) is 4.36. The maximum absolute atomic E-state index is 12.1. The number of carbonyl (C=O) groups excluding carboxylic acids is 1. The second kappa shape index (κ2) is 31.1. The molecule has 0 rings (SSSR count). The van der Waals surface area contributed by atoms with Crippen molar-refractivity contribution in [2.24, 2.45) is 0 Å². The second-order valence-electron chi connectivity index (χ2n) is 10.5. The molecule has 37 heavy (non-hydrogen) atoms. The molecule has 0 radical (unpaired) electrons. The average Bonchev–Trinajstić information content (AvgIpc) is 2.90. The SMILES string of the molecule is CCCCC/C=C\C/C=C\CCCCCCCC(=O)OC(CO)COCCCCCCCCCCCC. The monoisotopic (exact) mass is 522 g/mol. The number of aliphatic hydroxyl groups excluding tert-OH is 1. The minimum absolute atomic E-state index is 0.175. The molecule has 4 nitrogen and oxygen atoms in total. The van der Waals surface area contributed by atoms with Crippen LogP contribution in [-0.4, -0.2) is 37.0 Å². The number of esters is 1. The summed E-state index contributed by atoms with van der Waals surface area (Å²) in [7, 11) is 0. The Hall–Kier alpha value is -1.13. The van der Waals surface area contributed by atoms with E-state index in [0.717, 1.165) is 38.5 Å². The molecule has 0 saturated heterocycles. The molecule has 0 aliphatic carbocycles. The van der Waals surface area contributed by atoms with Crippen molar-refractivity contribution in [3.8, 4) is 0 Å². The van der Waals surface area contributed by atoms with Crippen molar-refractivity contribution in [3.63, 3.8) is 0 Å². The van der Waals surface area contributed by atoms with Gasteiger partial charge in [0.2, 0.25) is 0 Å². The summed E-state index contributed by atoms with van der Waals surface area (Å²) in [5, 5.41) is 9.49. The molecule has 0 heterocycles. The standard InChI is InChI=1S/C33H62O4/c1-3-5-7-9-11-13-15-16-17-18-19-20-22-24-26-28-33(35)37-32(30-34)31-36-29-27-25-23-21-14-12-10-8-6-4-2/h11,13,16-17,32,34H,3-10,12,14-15,18-31H2,1-2H3/b13-11-,17-16-. The fourth-order valence-corrected chi connectivity index (χ4v) is 4.36. The van der Waals surface area contributed by atoms with Crippen molar-refractivity contribution in [2.45, 2.75) is 161 Å². The molecule has 0 aliphatic heterocycles. The molecule has 218 valence electrons. The number of aliphatic hydroxyl groups is 1. The van der Waals surface area contributed by atoms with Crippen LogP contribution in [0.1, 0.15) is 155 Å². The highest BCUT2D eigenvalue weighted by Crippen LogP contribution is 2.11. The zero-order valence-electron chi connectivity index (χ0n) is 24.7. The summed E-state index contributed by atoms with van der Waals surface area (Å²) in [6.07, 6.45) is 34.8. The topological polar surface area (TPSA) is 55.8 Å². The van der Waals surface area contributed by atoms with E-state index in [1.165, 1.54) is 96.3 Å². The summed E-state index contributed by atoms with van der Waals surface area (Å²) in [6, 6.07) is 0. The van der Waals surface area contributed by atoms with Gasteiger partial charge in [-0.2, -0.15) is 0 Å². The van der Waals surface area contributed by atoms with Gasteiger partial charge in [0.05, 0.1) is 13.2 Å². The van der Waals surface area contributed by atoms with Crippen LogP contribution in [0.4, 0.5) is 0 Å². The van der Waals surface area contributed by atoms with Crippen molar-refractivity contribution in [1.82, 2.24) is 0 Å². The van der Waals surface area contributed by atoms with Crippen LogP contribution in [0.15, 0.2) is 24.3 Å². The molecule has 0 bridgehead atoms. The van der Waals surface area contributed by atoms with Gasteiger partial charge in [0.25, 0.3) is 0 Å². The van der Waals surface area contributed by atoms with Gasteiger partial charge in [0, 0.05) is 13.0 Å². The third-order valence-electron chi connectivity index (χ3n) is 6.78. The van der Waals surface area contributed by atoms with E-state index in [-0.39, 0.29) is 12.6 Å². The number of ether oxygens (including phenoxy) is 2. The van der Waals surface area contributed by atoms with Crippen molar-refractivity contribution in [3.05, 3.63) is 24.3 Å². The maximum atomic E-state index is 12.1. The number of allylic oxidation sites excluding steroid dienone is 4. The van der Waals surface area contributed by atoms with Crippen molar-refractivity contribution in [1.29, 1.82) is 0 Å². The molecule has 0 aromatic rings. The highest BCUT2D eigenvalue weighted by Gasteiger charge is 2.13. The first-order chi connectivity index (χ1) is 18.2. The van der Waals surface area contributed by atoms with Crippen LogP contribution in [0.5, 0.6) is 0 Å². The molecule has 1 N–H and O–H groups in total. The maximum Gasteiger partial charge on any atom is 0.306 e. The minimum atomic E-state index is -0.534. The third-order valence-corrected chi connectivity index (χ3v) is 6.78. The molecule has 0 spiro atoms. The van der Waals surface area contributed by atoms with Crippen LogP contribution in [-0.2, 0) is 14.3 Å². The van der Waals surface area contributed by atoms with E-state index >= 15 is 0 Å². The lowest BCUT2D eigenvalue weighted by Gasteiger charge is -2.15. The summed E-state index contributed by atoms with van der Waals surface area (Å²) in [5.41, 5.74) is 0. The van der Waals surface area contributed by atoms with Crippen LogP contribution >= 0.6 is 0 Å². The predicted molar refractivity (Wildman–Crippen MR) is 159 cm³/mol. The van der Waals surface area contributed by atoms with Gasteiger partial charge < -0.3 is 14.6 Å². The molecule has 4 heteroatoms. The van der Waals surface area contributed by atoms with E-state index in [9.17, 15) is 9.90 Å². The summed E-state index contributed by atoms with van der Waals surface area (Å²) in [4.78, 5) is 12.1. The Kier molecular flexibility index (Phi) is 30.1. The molecular formula is C33H62O4. The molecule has 0 saturated carbocycles. The van der Waals surface area contributed by atoms with E-state index in [2.05, 4.69) is 38.2 Å². The lowest BCUT2D eigenvalue weighted by molar-refractivity contribution is -0.154. The largest absolute Gasteiger partial charge is 0.457 e. The Morgan fingerprint density at radius 2 is 1.14 bits per heavy atom. The summed E-state index contributed by atoms with van der Waals surface area (Å²) in [6.45, 7) is 5.29. The van der Waals surface area contributed by atoms with E-state index in [1.54, 1.807) is 0 Å². The van der Waals surface area contributed by atoms with Gasteiger partial charge in [-0.15, -0.1) is 0 Å². The average molecular weight is 523 g/mol. The molecular weight excluding hydrogens is 460 g/mol. The summed E-state index contributed by atoms with van der Waals surface area (Å²) >= 11 is 0. The minimum Gasteiger partial charge on any atom is -0.457 e. The van der Waals surface area contributed by atoms with Gasteiger partial charge in [-0.05, 0) is 44.9 Å². The number of carbonyl (C=O) groups is 1. The molecule has 0 amide bonds. The molecule has 1 unspecified atom stereocenters. The van der Waals surface area contributed by atoms with E-state index in [0.29, 0.717) is 19.6 Å². The van der Waals surface area contributed by atoms with Gasteiger partial charge >= 0.3 is 5.97 Å². The van der Waals surface area contributed by atoms with Crippen LogP contribution in [0, 0.1) is 0 Å². The van der Waals surface area contributed by atoms with Gasteiger partial charge in [0.1, 0.15) is 6.10 Å². The van der Waals surface area contributed by atoms with Gasteiger partial charge in [-0.1, -0.05) is 128 Å². The molecule has 1 atom stereocenters. The fraction of sp³-hybridized carbons (Fsp3) is 0.848. The van der Waals surface area contributed by atoms with Crippen molar-refractivity contribution < 1.29 is 19.4 Å². The van der Waals surface area contributed by atoms with Gasteiger partial charge in [-0.3, -0.25) is 4.79 Å². The zero-order valence-corrected chi connectivity index (χ0v) is 24.7. The van der Waals surface area contributed by atoms with E-state index < -0.39 is 6.10 Å². The highest BCUT2D eigenvalue weighted by atomic mass is 16.6. The van der Waals surface area contributed by atoms with Crippen LogP contribution < -0.4 is 0 Å². The lowest BCUT2D eigenvalue weighted by Crippen LogP contribution is -2.27. The summed E-state index contributed by atoms with van der Waals surface area (Å²) < 4.78 is 11.0. The summed E-state index contributed by atoms with van der Waals surface area (Å²) in [5.74, 6) is -0.215. The number of hydrogen-bond acceptors (Lipinski definition) is 4. The van der Waals surface area contributed by atoms with Crippen molar-refractivity contribution in [2.75, 3.05) is 19.8 Å². The van der Waals surface area contributed by atoms with Crippen molar-refractivity contribution >= 4 is 5.97 Å². The number of rotatable bonds is 29. The molecule has 0 fully saturated rings. The first-order valence-electron chi connectivity index (χ1n) is 15.9. The van der Waals surface area contributed by atoms with Gasteiger partial charge in [0.15, 0.2) is 0 Å².